The first-order chi connectivity index (χ1) is 4.15. The van der Waals surface area contributed by atoms with Crippen molar-refractivity contribution in [1.29, 1.82) is 0 Å². The summed E-state index contributed by atoms with van der Waals surface area (Å²) in [5.41, 5.74) is 0. The summed E-state index contributed by atoms with van der Waals surface area (Å²) in [5.74, 6) is -2.81. The van der Waals surface area contributed by atoms with Crippen LogP contribution in [0.5, 0.6) is 0 Å². The second-order valence-corrected chi connectivity index (χ2v) is 1.71. The first-order valence-electron chi connectivity index (χ1n) is 2.33. The maximum absolute atomic E-state index is 10.2. The molecule has 1 fully saturated rings. The molecule has 0 saturated carbocycles. The smallest absolute Gasteiger partial charge is 0.367 e. The van der Waals surface area contributed by atoms with E-state index in [1.54, 1.807) is 0 Å². The molecule has 1 unspecified atom stereocenters. The lowest BCUT2D eigenvalue weighted by Crippen LogP contribution is -2.35. The molecule has 0 amide bonds. The van der Waals surface area contributed by atoms with Crippen LogP contribution in [0.3, 0.4) is 0 Å². The van der Waals surface area contributed by atoms with E-state index in [0.717, 1.165) is 0 Å². The topological polar surface area (TPSA) is 65.0 Å². The molecule has 0 aliphatic carbocycles. The Morgan fingerprint density at radius 2 is 2.44 bits per heavy atom. The average Bonchev–Trinajstić information content (AvgIpc) is 2.16. The maximum atomic E-state index is 10.2. The number of hydrogen-bond donors (Lipinski definition) is 1. The Morgan fingerprint density at radius 1 is 1.78 bits per heavy atom. The van der Waals surface area contributed by atoms with Gasteiger partial charge < -0.3 is 9.84 Å². The molecule has 1 aliphatic rings. The van der Waals surface area contributed by atoms with Crippen molar-refractivity contribution in [1.82, 2.24) is 0 Å². The number of rotatable bonds is 1. The number of carbonyl (C=O) groups is 1. The highest BCUT2D eigenvalue weighted by Crippen LogP contribution is 2.18. The van der Waals surface area contributed by atoms with Crippen molar-refractivity contribution in [3.8, 4) is 0 Å². The standard InChI is InChI=1S/C4H6O5/c1-4(3(5)6)7-2-8-9-4/h2H2,1H3,(H,5,6). The lowest BCUT2D eigenvalue weighted by atomic mass is 10.3. The summed E-state index contributed by atoms with van der Waals surface area (Å²) in [6, 6.07) is 0. The van der Waals surface area contributed by atoms with E-state index in [0.29, 0.717) is 0 Å². The SMILES string of the molecule is CC1(C(=O)O)OCOO1. The minimum absolute atomic E-state index is 0.136. The molecule has 1 heterocycles. The molecule has 1 atom stereocenters. The zero-order chi connectivity index (χ0) is 6.91. The molecule has 0 aromatic rings. The fraction of sp³-hybridized carbons (Fsp3) is 0.750. The quantitative estimate of drug-likeness (QED) is 0.500. The predicted molar refractivity (Wildman–Crippen MR) is 24.2 cm³/mol. The van der Waals surface area contributed by atoms with Crippen molar-refractivity contribution in [3.63, 3.8) is 0 Å². The van der Waals surface area contributed by atoms with E-state index in [1.807, 2.05) is 0 Å². The van der Waals surface area contributed by atoms with Crippen molar-refractivity contribution in [2.75, 3.05) is 6.79 Å². The van der Waals surface area contributed by atoms with E-state index in [1.165, 1.54) is 6.92 Å². The van der Waals surface area contributed by atoms with Crippen LogP contribution >= 0.6 is 0 Å². The molecule has 1 rings (SSSR count). The molecule has 1 N–H and O–H groups in total. The third kappa shape index (κ3) is 1.02. The van der Waals surface area contributed by atoms with Gasteiger partial charge >= 0.3 is 5.97 Å². The summed E-state index contributed by atoms with van der Waals surface area (Å²) in [7, 11) is 0. The molecular weight excluding hydrogens is 128 g/mol. The van der Waals surface area contributed by atoms with Gasteiger partial charge in [0.2, 0.25) is 0 Å². The van der Waals surface area contributed by atoms with Gasteiger partial charge in [0.25, 0.3) is 5.79 Å². The highest BCUT2D eigenvalue weighted by molar-refractivity contribution is 5.75. The first-order valence-corrected chi connectivity index (χ1v) is 2.33. The Balaban J connectivity index is 2.61. The van der Waals surface area contributed by atoms with Crippen molar-refractivity contribution in [2.24, 2.45) is 0 Å². The summed E-state index contributed by atoms with van der Waals surface area (Å²) in [4.78, 5) is 18.7. The Kier molecular flexibility index (Phi) is 1.40. The second kappa shape index (κ2) is 1.94. The van der Waals surface area contributed by atoms with E-state index in [9.17, 15) is 4.79 Å². The minimum atomic E-state index is -1.61. The minimum Gasteiger partial charge on any atom is -0.477 e. The van der Waals surface area contributed by atoms with Crippen molar-refractivity contribution in [3.05, 3.63) is 0 Å². The third-order valence-corrected chi connectivity index (χ3v) is 0.989. The molecule has 1 aliphatic heterocycles. The summed E-state index contributed by atoms with van der Waals surface area (Å²) >= 11 is 0. The van der Waals surface area contributed by atoms with Crippen LogP contribution in [0.4, 0.5) is 0 Å². The third-order valence-electron chi connectivity index (χ3n) is 0.989. The van der Waals surface area contributed by atoms with Gasteiger partial charge in [0, 0.05) is 6.92 Å². The Labute approximate surface area is 51.1 Å². The monoisotopic (exact) mass is 134 g/mol. The van der Waals surface area contributed by atoms with Crippen LogP contribution in [0.2, 0.25) is 0 Å². The molecular formula is C4H6O5. The molecule has 0 aromatic heterocycles. The van der Waals surface area contributed by atoms with E-state index in [2.05, 4.69) is 14.5 Å². The van der Waals surface area contributed by atoms with E-state index < -0.39 is 11.8 Å². The van der Waals surface area contributed by atoms with Gasteiger partial charge in [-0.1, -0.05) is 0 Å². The fourth-order valence-corrected chi connectivity index (χ4v) is 0.394. The number of ether oxygens (including phenoxy) is 1. The molecule has 0 radical (unpaired) electrons. The molecule has 9 heavy (non-hydrogen) atoms. The van der Waals surface area contributed by atoms with Crippen LogP contribution in [0.15, 0.2) is 0 Å². The lowest BCUT2D eigenvalue weighted by Gasteiger charge is -2.11. The summed E-state index contributed by atoms with van der Waals surface area (Å²) in [6.07, 6.45) is 0. The Hall–Kier alpha value is -0.650. The van der Waals surface area contributed by atoms with Crippen LogP contribution < -0.4 is 0 Å². The number of aliphatic carboxylic acids is 1. The molecule has 5 heteroatoms. The number of carboxylic acid groups (broad SMARTS) is 1. The zero-order valence-electron chi connectivity index (χ0n) is 4.79. The maximum Gasteiger partial charge on any atom is 0.367 e. The largest absolute Gasteiger partial charge is 0.477 e. The predicted octanol–water partition coefficient (Wildman–Crippen LogP) is -0.277. The highest BCUT2D eigenvalue weighted by Gasteiger charge is 2.41. The molecule has 1 saturated heterocycles. The number of hydrogen-bond acceptors (Lipinski definition) is 4. The summed E-state index contributed by atoms with van der Waals surface area (Å²) in [6.45, 7) is 1.13. The number of carboxylic acids is 1. The molecule has 0 aromatic carbocycles. The van der Waals surface area contributed by atoms with Gasteiger partial charge in [0.15, 0.2) is 6.79 Å². The van der Waals surface area contributed by atoms with Gasteiger partial charge in [-0.15, -0.1) is 0 Å². The molecule has 5 nitrogen and oxygen atoms in total. The Morgan fingerprint density at radius 3 is 2.67 bits per heavy atom. The van der Waals surface area contributed by atoms with E-state index in [4.69, 9.17) is 5.11 Å². The summed E-state index contributed by atoms with van der Waals surface area (Å²) < 4.78 is 4.56. The summed E-state index contributed by atoms with van der Waals surface area (Å²) in [5, 5.41) is 8.34. The average molecular weight is 134 g/mol. The van der Waals surface area contributed by atoms with Gasteiger partial charge in [-0.25, -0.2) is 9.68 Å². The normalized spacial score (nSPS) is 34.8. The lowest BCUT2D eigenvalue weighted by molar-refractivity contribution is -0.309. The molecule has 52 valence electrons. The fourth-order valence-electron chi connectivity index (χ4n) is 0.394. The van der Waals surface area contributed by atoms with E-state index in [-0.39, 0.29) is 6.79 Å². The Bertz CT molecular complexity index is 125. The highest BCUT2D eigenvalue weighted by atomic mass is 17.3. The van der Waals surface area contributed by atoms with Gasteiger partial charge in [0.1, 0.15) is 0 Å². The van der Waals surface area contributed by atoms with Crippen molar-refractivity contribution >= 4 is 5.97 Å². The zero-order valence-corrected chi connectivity index (χ0v) is 4.79. The van der Waals surface area contributed by atoms with E-state index >= 15 is 0 Å². The van der Waals surface area contributed by atoms with Crippen LogP contribution in [-0.2, 0) is 19.3 Å². The van der Waals surface area contributed by atoms with Crippen LogP contribution in [0.1, 0.15) is 6.92 Å². The first kappa shape index (κ1) is 6.47. The van der Waals surface area contributed by atoms with Gasteiger partial charge in [-0.2, -0.15) is 4.89 Å². The van der Waals surface area contributed by atoms with Crippen molar-refractivity contribution in [2.45, 2.75) is 12.7 Å². The van der Waals surface area contributed by atoms with Gasteiger partial charge in [0.05, 0.1) is 0 Å². The van der Waals surface area contributed by atoms with Crippen LogP contribution in [-0.4, -0.2) is 23.7 Å². The second-order valence-electron chi connectivity index (χ2n) is 1.71. The molecule has 0 bridgehead atoms. The molecule has 0 spiro atoms. The van der Waals surface area contributed by atoms with Gasteiger partial charge in [-0.3, -0.25) is 0 Å². The van der Waals surface area contributed by atoms with Gasteiger partial charge in [-0.05, 0) is 0 Å². The van der Waals surface area contributed by atoms with Crippen LogP contribution in [0.25, 0.3) is 0 Å². The van der Waals surface area contributed by atoms with Crippen LogP contribution in [0, 0.1) is 0 Å². The van der Waals surface area contributed by atoms with Crippen molar-refractivity contribution < 1.29 is 24.4 Å².